The Morgan fingerprint density at radius 2 is 2.05 bits per heavy atom. The van der Waals surface area contributed by atoms with Crippen molar-refractivity contribution < 1.29 is 23.9 Å². The van der Waals surface area contributed by atoms with Gasteiger partial charge in [-0.15, -0.1) is 0 Å². The smallest absolute Gasteiger partial charge is 0.271 e. The highest BCUT2D eigenvalue weighted by Gasteiger charge is 2.60. The fourth-order valence-corrected chi connectivity index (χ4v) is 7.26. The average Bonchev–Trinajstić information content (AvgIpc) is 3.24. The highest BCUT2D eigenvalue weighted by molar-refractivity contribution is 6.02. The Hall–Kier alpha value is -3.36. The Morgan fingerprint density at radius 3 is 2.74 bits per heavy atom. The van der Waals surface area contributed by atoms with Crippen LogP contribution in [-0.2, 0) is 14.4 Å². The summed E-state index contributed by atoms with van der Waals surface area (Å²) in [4.78, 5) is 57.8. The number of ketones is 1. The van der Waals surface area contributed by atoms with E-state index >= 15 is 0 Å². The minimum atomic E-state index is -0.731. The van der Waals surface area contributed by atoms with Crippen molar-refractivity contribution in [3.63, 3.8) is 0 Å². The lowest BCUT2D eigenvalue weighted by atomic mass is 9.91. The molecule has 1 spiro atoms. The first kappa shape index (κ1) is 24.9. The third-order valence-electron chi connectivity index (χ3n) is 9.44. The van der Waals surface area contributed by atoms with Gasteiger partial charge in [-0.3, -0.25) is 19.2 Å². The number of carbonyl (C=O) groups is 4. The van der Waals surface area contributed by atoms with Gasteiger partial charge in [-0.1, -0.05) is 13.0 Å². The molecule has 3 heterocycles. The van der Waals surface area contributed by atoms with E-state index in [9.17, 15) is 19.2 Å². The number of hydrogen-bond acceptors (Lipinski definition) is 5. The molecule has 2 saturated heterocycles. The number of likely N-dealkylation sites (tertiary alicyclic amines) is 1. The maximum atomic E-state index is 13.9. The van der Waals surface area contributed by atoms with Crippen molar-refractivity contribution in [1.82, 2.24) is 20.5 Å². The summed E-state index contributed by atoms with van der Waals surface area (Å²) in [5.41, 5.74) is 1.55. The number of benzene rings is 1. The number of aromatic nitrogens is 1. The van der Waals surface area contributed by atoms with Crippen LogP contribution in [-0.4, -0.2) is 65.7 Å². The Labute approximate surface area is 222 Å². The number of hydrogen-bond donors (Lipinski definition) is 3. The van der Waals surface area contributed by atoms with Crippen LogP contribution in [0.4, 0.5) is 0 Å². The van der Waals surface area contributed by atoms with Crippen molar-refractivity contribution in [2.24, 2.45) is 23.2 Å². The molecule has 0 bridgehead atoms. The quantitative estimate of drug-likeness (QED) is 0.494. The molecule has 6 rings (SSSR count). The van der Waals surface area contributed by atoms with Crippen LogP contribution in [0.15, 0.2) is 24.3 Å². The summed E-state index contributed by atoms with van der Waals surface area (Å²) in [6.07, 6.45) is 5.61. The molecule has 4 fully saturated rings. The summed E-state index contributed by atoms with van der Waals surface area (Å²) in [6.45, 7) is 2.90. The number of Topliss-reactive ketones (excluding diaryl/α,β-unsaturated/α-hetero) is 1. The summed E-state index contributed by atoms with van der Waals surface area (Å²) >= 11 is 0. The standard InChI is InChI=1S/C29H36N4O5/c1-3-23(34)21(11-16-7-10-30-26(16)35)32-27(36)25-19-14-29(8-9-29)13-17(19)15-33(25)28(37)22-12-18-20(31-22)5-4-6-24(18)38-2/h4-6,12,16-17,19,21,25,31H,3,7-11,13-15H2,1-2H3,(H,30,35)(H,32,36). The number of rotatable bonds is 8. The van der Waals surface area contributed by atoms with Gasteiger partial charge in [-0.25, -0.2) is 0 Å². The zero-order chi connectivity index (χ0) is 26.6. The van der Waals surface area contributed by atoms with Gasteiger partial charge in [-0.2, -0.15) is 0 Å². The predicted molar refractivity (Wildman–Crippen MR) is 141 cm³/mol. The van der Waals surface area contributed by atoms with Crippen LogP contribution < -0.4 is 15.4 Å². The average molecular weight is 521 g/mol. The van der Waals surface area contributed by atoms with Gasteiger partial charge in [-0.05, 0) is 74.0 Å². The van der Waals surface area contributed by atoms with Crippen molar-refractivity contribution >= 4 is 34.4 Å². The molecule has 0 radical (unpaired) electrons. The maximum Gasteiger partial charge on any atom is 0.271 e. The second-order valence-corrected chi connectivity index (χ2v) is 11.7. The highest BCUT2D eigenvalue weighted by Crippen LogP contribution is 2.64. The highest BCUT2D eigenvalue weighted by atomic mass is 16.5. The maximum absolute atomic E-state index is 13.9. The molecule has 1 aromatic carbocycles. The lowest BCUT2D eigenvalue weighted by Gasteiger charge is -2.29. The molecule has 2 saturated carbocycles. The number of fused-ring (bicyclic) bond motifs is 2. The van der Waals surface area contributed by atoms with E-state index in [0.29, 0.717) is 42.8 Å². The van der Waals surface area contributed by atoms with E-state index in [1.807, 2.05) is 18.2 Å². The second-order valence-electron chi connectivity index (χ2n) is 11.7. The van der Waals surface area contributed by atoms with Crippen LogP contribution >= 0.6 is 0 Å². The molecular formula is C29H36N4O5. The van der Waals surface area contributed by atoms with Crippen LogP contribution in [0.3, 0.4) is 0 Å². The molecule has 9 nitrogen and oxygen atoms in total. The van der Waals surface area contributed by atoms with E-state index in [1.54, 1.807) is 25.0 Å². The van der Waals surface area contributed by atoms with Gasteiger partial charge in [0.15, 0.2) is 5.78 Å². The zero-order valence-corrected chi connectivity index (χ0v) is 22.0. The summed E-state index contributed by atoms with van der Waals surface area (Å²) in [7, 11) is 1.60. The normalized spacial score (nSPS) is 27.8. The molecule has 3 N–H and O–H groups in total. The number of nitrogens with zero attached hydrogens (tertiary/aromatic N) is 1. The van der Waals surface area contributed by atoms with Gasteiger partial charge in [0.05, 0.1) is 13.2 Å². The zero-order valence-electron chi connectivity index (χ0n) is 22.0. The number of carbonyl (C=O) groups excluding carboxylic acids is 4. The topological polar surface area (TPSA) is 121 Å². The minimum Gasteiger partial charge on any atom is -0.496 e. The van der Waals surface area contributed by atoms with Gasteiger partial charge in [0.2, 0.25) is 11.8 Å². The Kier molecular flexibility index (Phi) is 6.19. The van der Waals surface area contributed by atoms with Crippen LogP contribution in [0, 0.1) is 23.2 Å². The van der Waals surface area contributed by atoms with E-state index in [2.05, 4.69) is 15.6 Å². The fraction of sp³-hybridized carbons (Fsp3) is 0.586. The number of H-pyrrole nitrogens is 1. The predicted octanol–water partition coefficient (Wildman–Crippen LogP) is 2.80. The molecule has 5 unspecified atom stereocenters. The van der Waals surface area contributed by atoms with Gasteiger partial charge in [0.25, 0.3) is 5.91 Å². The van der Waals surface area contributed by atoms with Crippen LogP contribution in [0.25, 0.3) is 10.9 Å². The summed E-state index contributed by atoms with van der Waals surface area (Å²) in [5, 5.41) is 6.64. The van der Waals surface area contributed by atoms with E-state index < -0.39 is 12.1 Å². The van der Waals surface area contributed by atoms with E-state index in [-0.39, 0.29) is 47.7 Å². The Balaban J connectivity index is 1.27. The van der Waals surface area contributed by atoms with Crippen molar-refractivity contribution in [2.45, 2.75) is 64.0 Å². The van der Waals surface area contributed by atoms with Crippen molar-refractivity contribution in [3.8, 4) is 5.75 Å². The first-order chi connectivity index (χ1) is 18.3. The number of ether oxygens (including phenoxy) is 1. The fourth-order valence-electron chi connectivity index (χ4n) is 7.26. The first-order valence-electron chi connectivity index (χ1n) is 13.9. The van der Waals surface area contributed by atoms with Crippen molar-refractivity contribution in [1.29, 1.82) is 0 Å². The first-order valence-corrected chi connectivity index (χ1v) is 13.9. The molecule has 2 aliphatic carbocycles. The molecule has 202 valence electrons. The minimum absolute atomic E-state index is 0.0633. The summed E-state index contributed by atoms with van der Waals surface area (Å²) in [5.74, 6) is 0.110. The number of aromatic amines is 1. The molecule has 4 aliphatic rings. The van der Waals surface area contributed by atoms with Gasteiger partial charge in [0, 0.05) is 36.3 Å². The lowest BCUT2D eigenvalue weighted by Crippen LogP contribution is -2.53. The van der Waals surface area contributed by atoms with E-state index in [4.69, 9.17) is 4.74 Å². The largest absolute Gasteiger partial charge is 0.496 e. The van der Waals surface area contributed by atoms with E-state index in [1.165, 1.54) is 12.8 Å². The van der Waals surface area contributed by atoms with Gasteiger partial charge < -0.3 is 25.3 Å². The molecule has 2 aliphatic heterocycles. The van der Waals surface area contributed by atoms with Crippen molar-refractivity contribution in [2.75, 3.05) is 20.2 Å². The third-order valence-corrected chi connectivity index (χ3v) is 9.44. The Bertz CT molecular complexity index is 1300. The Morgan fingerprint density at radius 1 is 1.24 bits per heavy atom. The molecule has 9 heteroatoms. The molecule has 3 amide bonds. The van der Waals surface area contributed by atoms with Crippen LogP contribution in [0.1, 0.15) is 62.4 Å². The summed E-state index contributed by atoms with van der Waals surface area (Å²) < 4.78 is 5.47. The van der Waals surface area contributed by atoms with Crippen LogP contribution in [0.5, 0.6) is 5.75 Å². The number of nitrogens with one attached hydrogen (secondary N) is 3. The summed E-state index contributed by atoms with van der Waals surface area (Å²) in [6, 6.07) is 6.05. The van der Waals surface area contributed by atoms with Crippen LogP contribution in [0.2, 0.25) is 0 Å². The second kappa shape index (κ2) is 9.43. The molecule has 2 aromatic rings. The number of amides is 3. The van der Waals surface area contributed by atoms with E-state index in [0.717, 1.165) is 23.7 Å². The van der Waals surface area contributed by atoms with Crippen molar-refractivity contribution in [3.05, 3.63) is 30.0 Å². The van der Waals surface area contributed by atoms with Gasteiger partial charge >= 0.3 is 0 Å². The third kappa shape index (κ3) is 4.25. The monoisotopic (exact) mass is 520 g/mol. The molecule has 1 aromatic heterocycles. The molecule has 5 atom stereocenters. The SMILES string of the molecule is CCC(=O)C(CC1CCNC1=O)NC(=O)C1C2CC3(CC3)CC2CN1C(=O)c1cc2c(OC)cccc2[nH]1. The lowest BCUT2D eigenvalue weighted by molar-refractivity contribution is -0.132. The number of methoxy groups -OCH3 is 1. The molecular weight excluding hydrogens is 484 g/mol. The molecule has 38 heavy (non-hydrogen) atoms. The van der Waals surface area contributed by atoms with Gasteiger partial charge in [0.1, 0.15) is 17.5 Å².